The molecule has 2 aromatic rings. The maximum absolute atomic E-state index is 13.2. The van der Waals surface area contributed by atoms with Crippen molar-refractivity contribution in [2.45, 2.75) is 39.8 Å². The fourth-order valence-corrected chi connectivity index (χ4v) is 3.10. The topological polar surface area (TPSA) is 12.0 Å². The van der Waals surface area contributed by atoms with Crippen molar-refractivity contribution in [2.75, 3.05) is 0 Å². The van der Waals surface area contributed by atoms with Crippen molar-refractivity contribution in [3.05, 3.63) is 57.0 Å². The molecule has 0 spiro atoms. The van der Waals surface area contributed by atoms with E-state index in [0.717, 1.165) is 18.5 Å². The van der Waals surface area contributed by atoms with Crippen molar-refractivity contribution in [3.8, 4) is 0 Å². The quantitative estimate of drug-likeness (QED) is 0.862. The number of halogens is 1. The molecule has 0 bridgehead atoms. The SMILES string of the molecule is Cc1ccc(CC(C)NCc2ccc(F)c(C)c2)s1. The normalized spacial score (nSPS) is 12.6. The highest BCUT2D eigenvalue weighted by Gasteiger charge is 2.06. The van der Waals surface area contributed by atoms with Gasteiger partial charge in [0.1, 0.15) is 5.82 Å². The maximum atomic E-state index is 13.2. The molecule has 0 fully saturated rings. The Labute approximate surface area is 118 Å². The van der Waals surface area contributed by atoms with Crippen LogP contribution in [0.15, 0.2) is 30.3 Å². The van der Waals surface area contributed by atoms with Crippen LogP contribution in [0.3, 0.4) is 0 Å². The first kappa shape index (κ1) is 14.2. The summed E-state index contributed by atoms with van der Waals surface area (Å²) in [5, 5.41) is 3.49. The second-order valence-corrected chi connectivity index (χ2v) is 6.45. The van der Waals surface area contributed by atoms with Crippen LogP contribution in [-0.2, 0) is 13.0 Å². The molecule has 0 aliphatic rings. The van der Waals surface area contributed by atoms with Gasteiger partial charge in [-0.2, -0.15) is 0 Å². The van der Waals surface area contributed by atoms with Gasteiger partial charge in [0, 0.05) is 22.3 Å². The third-order valence-corrected chi connectivity index (χ3v) is 4.20. The fourth-order valence-electron chi connectivity index (χ4n) is 2.08. The predicted octanol–water partition coefficient (Wildman–Crippen LogP) is 4.22. The summed E-state index contributed by atoms with van der Waals surface area (Å²) in [5.41, 5.74) is 1.84. The van der Waals surface area contributed by atoms with E-state index < -0.39 is 0 Å². The lowest BCUT2D eigenvalue weighted by atomic mass is 10.1. The van der Waals surface area contributed by atoms with E-state index in [9.17, 15) is 4.39 Å². The third kappa shape index (κ3) is 4.15. The Morgan fingerprint density at radius 3 is 2.63 bits per heavy atom. The molecule has 1 unspecified atom stereocenters. The van der Waals surface area contributed by atoms with Crippen LogP contribution in [0.4, 0.5) is 4.39 Å². The second-order valence-electron chi connectivity index (χ2n) is 5.08. The molecule has 1 N–H and O–H groups in total. The highest BCUT2D eigenvalue weighted by molar-refractivity contribution is 7.11. The van der Waals surface area contributed by atoms with Gasteiger partial charge < -0.3 is 5.32 Å². The van der Waals surface area contributed by atoms with Gasteiger partial charge in [0.2, 0.25) is 0 Å². The standard InChI is InChI=1S/C16H20FNS/c1-11-8-14(5-7-16(11)17)10-18-12(2)9-15-6-4-13(3)19-15/h4-8,12,18H,9-10H2,1-3H3. The van der Waals surface area contributed by atoms with Crippen LogP contribution in [0.1, 0.15) is 27.8 Å². The molecule has 0 aliphatic carbocycles. The summed E-state index contributed by atoms with van der Waals surface area (Å²) in [5.74, 6) is -0.133. The number of hydrogen-bond donors (Lipinski definition) is 1. The van der Waals surface area contributed by atoms with Crippen LogP contribution in [0.5, 0.6) is 0 Å². The van der Waals surface area contributed by atoms with Crippen molar-refractivity contribution in [1.29, 1.82) is 0 Å². The van der Waals surface area contributed by atoms with E-state index in [-0.39, 0.29) is 5.82 Å². The average molecular weight is 277 g/mol. The number of benzene rings is 1. The van der Waals surface area contributed by atoms with Crippen LogP contribution < -0.4 is 5.32 Å². The summed E-state index contributed by atoms with van der Waals surface area (Å²) in [6, 6.07) is 10.1. The zero-order valence-corrected chi connectivity index (χ0v) is 12.5. The smallest absolute Gasteiger partial charge is 0.126 e. The molecule has 0 saturated carbocycles. The number of hydrogen-bond acceptors (Lipinski definition) is 2. The Kier molecular flexibility index (Phi) is 4.72. The van der Waals surface area contributed by atoms with E-state index in [1.54, 1.807) is 13.0 Å². The molecule has 1 nitrogen and oxygen atoms in total. The van der Waals surface area contributed by atoms with E-state index in [1.807, 2.05) is 23.5 Å². The summed E-state index contributed by atoms with van der Waals surface area (Å²) >= 11 is 1.85. The molecular weight excluding hydrogens is 257 g/mol. The van der Waals surface area contributed by atoms with Gasteiger partial charge in [0.25, 0.3) is 0 Å². The van der Waals surface area contributed by atoms with Gasteiger partial charge in [0.15, 0.2) is 0 Å². The van der Waals surface area contributed by atoms with Gasteiger partial charge in [-0.3, -0.25) is 0 Å². The number of thiophene rings is 1. The molecule has 0 aliphatic heterocycles. The van der Waals surface area contributed by atoms with E-state index in [4.69, 9.17) is 0 Å². The van der Waals surface area contributed by atoms with Gasteiger partial charge >= 0.3 is 0 Å². The fraction of sp³-hybridized carbons (Fsp3) is 0.375. The van der Waals surface area contributed by atoms with Gasteiger partial charge in [-0.1, -0.05) is 12.1 Å². The van der Waals surface area contributed by atoms with Crippen molar-refractivity contribution in [2.24, 2.45) is 0 Å². The van der Waals surface area contributed by atoms with E-state index >= 15 is 0 Å². The summed E-state index contributed by atoms with van der Waals surface area (Å²) in [6.07, 6.45) is 1.04. The largest absolute Gasteiger partial charge is 0.310 e. The zero-order valence-electron chi connectivity index (χ0n) is 11.7. The first-order valence-corrected chi connectivity index (χ1v) is 7.40. The molecule has 19 heavy (non-hydrogen) atoms. The van der Waals surface area contributed by atoms with Crippen molar-refractivity contribution in [1.82, 2.24) is 5.32 Å². The summed E-state index contributed by atoms with van der Waals surface area (Å²) in [4.78, 5) is 2.77. The minimum Gasteiger partial charge on any atom is -0.310 e. The number of rotatable bonds is 5. The Morgan fingerprint density at radius 2 is 2.00 bits per heavy atom. The molecular formula is C16H20FNS. The molecule has 102 valence electrons. The second kappa shape index (κ2) is 6.31. The van der Waals surface area contributed by atoms with Crippen LogP contribution in [0.25, 0.3) is 0 Å². The number of aryl methyl sites for hydroxylation is 2. The summed E-state index contributed by atoms with van der Waals surface area (Å²) < 4.78 is 13.2. The van der Waals surface area contributed by atoms with Gasteiger partial charge in [0.05, 0.1) is 0 Å². The van der Waals surface area contributed by atoms with Crippen molar-refractivity contribution >= 4 is 11.3 Å². The number of nitrogens with one attached hydrogen (secondary N) is 1. The highest BCUT2D eigenvalue weighted by atomic mass is 32.1. The van der Waals surface area contributed by atoms with Crippen LogP contribution in [0.2, 0.25) is 0 Å². The maximum Gasteiger partial charge on any atom is 0.126 e. The van der Waals surface area contributed by atoms with Gasteiger partial charge in [-0.15, -0.1) is 11.3 Å². The minimum absolute atomic E-state index is 0.133. The average Bonchev–Trinajstić information content (AvgIpc) is 2.76. The predicted molar refractivity (Wildman–Crippen MR) is 80.2 cm³/mol. The van der Waals surface area contributed by atoms with Gasteiger partial charge in [-0.25, -0.2) is 4.39 Å². The molecule has 1 aromatic heterocycles. The van der Waals surface area contributed by atoms with E-state index in [1.165, 1.54) is 9.75 Å². The lowest BCUT2D eigenvalue weighted by Crippen LogP contribution is -2.27. The molecule has 1 aromatic carbocycles. The van der Waals surface area contributed by atoms with Crippen molar-refractivity contribution in [3.63, 3.8) is 0 Å². The molecule has 1 atom stereocenters. The third-order valence-electron chi connectivity index (χ3n) is 3.18. The first-order chi connectivity index (χ1) is 9.04. The molecule has 1 heterocycles. The van der Waals surface area contributed by atoms with E-state index in [2.05, 4.69) is 31.3 Å². The van der Waals surface area contributed by atoms with Crippen molar-refractivity contribution < 1.29 is 4.39 Å². The zero-order chi connectivity index (χ0) is 13.8. The molecule has 2 rings (SSSR count). The van der Waals surface area contributed by atoms with Gasteiger partial charge in [-0.05, 0) is 56.5 Å². The summed E-state index contributed by atoms with van der Waals surface area (Å²) in [7, 11) is 0. The Hall–Kier alpha value is -1.19. The lowest BCUT2D eigenvalue weighted by molar-refractivity contribution is 0.547. The molecule has 3 heteroatoms. The van der Waals surface area contributed by atoms with Crippen LogP contribution in [-0.4, -0.2) is 6.04 Å². The Balaban J connectivity index is 1.86. The Bertz CT molecular complexity index is 547. The summed E-state index contributed by atoms with van der Waals surface area (Å²) in [6.45, 7) is 6.91. The molecule has 0 amide bonds. The minimum atomic E-state index is -0.133. The van der Waals surface area contributed by atoms with E-state index in [0.29, 0.717) is 11.6 Å². The molecule has 0 saturated heterocycles. The van der Waals surface area contributed by atoms with Crippen LogP contribution >= 0.6 is 11.3 Å². The molecule has 0 radical (unpaired) electrons. The Morgan fingerprint density at radius 1 is 1.21 bits per heavy atom. The monoisotopic (exact) mass is 277 g/mol. The highest BCUT2D eigenvalue weighted by Crippen LogP contribution is 2.17. The van der Waals surface area contributed by atoms with Crippen LogP contribution in [0, 0.1) is 19.7 Å². The lowest BCUT2D eigenvalue weighted by Gasteiger charge is -2.13. The first-order valence-electron chi connectivity index (χ1n) is 6.58.